The van der Waals surface area contributed by atoms with Gasteiger partial charge in [0, 0.05) is 16.2 Å². The van der Waals surface area contributed by atoms with Crippen molar-refractivity contribution < 1.29 is 9.13 Å². The van der Waals surface area contributed by atoms with Crippen molar-refractivity contribution >= 4 is 15.9 Å². The monoisotopic (exact) mass is 324 g/mol. The Bertz CT molecular complexity index is 557. The maximum Gasteiger partial charge on any atom is 0.137 e. The molecule has 100 valence electrons. The molecule has 0 radical (unpaired) electrons. The lowest BCUT2D eigenvalue weighted by atomic mass is 10.00. The Morgan fingerprint density at radius 2 is 2.16 bits per heavy atom. The molecule has 0 amide bonds. The number of nitrogens with one attached hydrogen (secondary N) is 1. The second-order valence-electron chi connectivity index (χ2n) is 4.02. The molecule has 1 N–H and O–H groups in total. The zero-order valence-electron chi connectivity index (χ0n) is 10.7. The van der Waals surface area contributed by atoms with E-state index in [2.05, 4.69) is 26.2 Å². The molecule has 0 saturated heterocycles. The van der Waals surface area contributed by atoms with E-state index in [4.69, 9.17) is 4.74 Å². The summed E-state index contributed by atoms with van der Waals surface area (Å²) < 4.78 is 19.9. The van der Waals surface area contributed by atoms with Crippen LogP contribution < -0.4 is 10.1 Å². The van der Waals surface area contributed by atoms with Gasteiger partial charge in [0.2, 0.25) is 0 Å². The van der Waals surface area contributed by atoms with E-state index in [1.54, 1.807) is 32.6 Å². The van der Waals surface area contributed by atoms with Crippen LogP contribution in [0.1, 0.15) is 17.2 Å². The maximum atomic E-state index is 14.0. The van der Waals surface area contributed by atoms with Gasteiger partial charge in [0.25, 0.3) is 0 Å². The highest BCUT2D eigenvalue weighted by Gasteiger charge is 2.19. The van der Waals surface area contributed by atoms with Gasteiger partial charge in [-0.1, -0.05) is 22.0 Å². The van der Waals surface area contributed by atoms with Crippen molar-refractivity contribution in [2.45, 2.75) is 6.04 Å². The van der Waals surface area contributed by atoms with Crippen LogP contribution in [-0.2, 0) is 0 Å². The first-order valence-electron chi connectivity index (χ1n) is 5.77. The quantitative estimate of drug-likeness (QED) is 0.937. The molecule has 1 atom stereocenters. The molecule has 2 aromatic rings. The summed E-state index contributed by atoms with van der Waals surface area (Å²) >= 11 is 3.39. The van der Waals surface area contributed by atoms with Crippen LogP contribution in [0.4, 0.5) is 4.39 Å². The third-order valence-corrected chi connectivity index (χ3v) is 3.57. The molecule has 1 aromatic carbocycles. The number of aromatic nitrogens is 1. The number of hydrogen-bond acceptors (Lipinski definition) is 3. The number of rotatable bonds is 4. The van der Waals surface area contributed by atoms with E-state index in [0.717, 1.165) is 10.0 Å². The molecule has 0 bridgehead atoms. The number of methoxy groups -OCH3 is 1. The molecule has 5 heteroatoms. The first-order valence-corrected chi connectivity index (χ1v) is 6.56. The Morgan fingerprint density at radius 1 is 1.37 bits per heavy atom. The maximum absolute atomic E-state index is 14.0. The normalized spacial score (nSPS) is 12.2. The van der Waals surface area contributed by atoms with E-state index < -0.39 is 0 Å². The van der Waals surface area contributed by atoms with Gasteiger partial charge in [-0.25, -0.2) is 4.39 Å². The fourth-order valence-electron chi connectivity index (χ4n) is 1.97. The Hall–Kier alpha value is -1.46. The van der Waals surface area contributed by atoms with Crippen LogP contribution in [-0.4, -0.2) is 19.1 Å². The summed E-state index contributed by atoms with van der Waals surface area (Å²) in [6.07, 6.45) is 3.31. The predicted molar refractivity (Wildman–Crippen MR) is 75.8 cm³/mol. The van der Waals surface area contributed by atoms with Gasteiger partial charge < -0.3 is 10.1 Å². The molecule has 0 spiro atoms. The summed E-state index contributed by atoms with van der Waals surface area (Å²) in [6, 6.07) is 6.47. The first kappa shape index (κ1) is 14.0. The zero-order valence-corrected chi connectivity index (χ0v) is 12.2. The summed E-state index contributed by atoms with van der Waals surface area (Å²) in [5, 5.41) is 3.10. The smallest absolute Gasteiger partial charge is 0.137 e. The van der Waals surface area contributed by atoms with Crippen molar-refractivity contribution in [1.82, 2.24) is 10.3 Å². The lowest BCUT2D eigenvalue weighted by molar-refractivity contribution is 0.411. The van der Waals surface area contributed by atoms with Crippen molar-refractivity contribution in [3.8, 4) is 5.75 Å². The minimum atomic E-state index is -0.293. The summed E-state index contributed by atoms with van der Waals surface area (Å²) in [6.45, 7) is 0. The molecule has 1 heterocycles. The van der Waals surface area contributed by atoms with Crippen LogP contribution in [0.25, 0.3) is 0 Å². The fraction of sp³-hybridized carbons (Fsp3) is 0.214. The largest absolute Gasteiger partial charge is 0.495 e. The number of pyridine rings is 1. The van der Waals surface area contributed by atoms with E-state index >= 15 is 0 Å². The second-order valence-corrected chi connectivity index (χ2v) is 4.87. The first-order chi connectivity index (χ1) is 9.17. The SMILES string of the molecule is CNC(c1cncc(OC)c1)c1c(F)cccc1Br. The number of benzene rings is 1. The molecular weight excluding hydrogens is 311 g/mol. The van der Waals surface area contributed by atoms with Gasteiger partial charge in [-0.3, -0.25) is 4.98 Å². The van der Waals surface area contributed by atoms with Crippen molar-refractivity contribution in [3.05, 3.63) is 58.1 Å². The standard InChI is InChI=1S/C14H14BrFN2O/c1-17-14(9-6-10(19-2)8-18-7-9)13-11(15)4-3-5-12(13)16/h3-8,14,17H,1-2H3. The summed E-state index contributed by atoms with van der Waals surface area (Å²) in [5.41, 5.74) is 1.40. The lowest BCUT2D eigenvalue weighted by Gasteiger charge is -2.19. The predicted octanol–water partition coefficient (Wildman–Crippen LogP) is 3.30. The molecule has 0 fully saturated rings. The minimum Gasteiger partial charge on any atom is -0.495 e. The highest BCUT2D eigenvalue weighted by molar-refractivity contribution is 9.10. The van der Waals surface area contributed by atoms with Crippen molar-refractivity contribution in [2.24, 2.45) is 0 Å². The van der Waals surface area contributed by atoms with E-state index in [1.165, 1.54) is 6.07 Å². The number of nitrogens with zero attached hydrogens (tertiary/aromatic N) is 1. The second kappa shape index (κ2) is 6.12. The van der Waals surface area contributed by atoms with Gasteiger partial charge in [0.05, 0.1) is 19.3 Å². The lowest BCUT2D eigenvalue weighted by Crippen LogP contribution is -2.19. The van der Waals surface area contributed by atoms with Gasteiger partial charge in [0.1, 0.15) is 11.6 Å². The Morgan fingerprint density at radius 3 is 2.79 bits per heavy atom. The molecule has 0 aliphatic rings. The number of hydrogen-bond donors (Lipinski definition) is 1. The highest BCUT2D eigenvalue weighted by Crippen LogP contribution is 2.31. The molecule has 2 rings (SSSR count). The van der Waals surface area contributed by atoms with E-state index in [-0.39, 0.29) is 11.9 Å². The van der Waals surface area contributed by atoms with Gasteiger partial charge >= 0.3 is 0 Å². The van der Waals surface area contributed by atoms with Crippen molar-refractivity contribution in [1.29, 1.82) is 0 Å². The van der Waals surface area contributed by atoms with Crippen LogP contribution in [0.5, 0.6) is 5.75 Å². The molecule has 0 aliphatic carbocycles. The van der Waals surface area contributed by atoms with Crippen LogP contribution >= 0.6 is 15.9 Å². The summed E-state index contributed by atoms with van der Waals surface area (Å²) in [7, 11) is 3.36. The Kier molecular flexibility index (Phi) is 4.50. The average Bonchev–Trinajstić information content (AvgIpc) is 2.43. The van der Waals surface area contributed by atoms with Crippen LogP contribution in [0, 0.1) is 5.82 Å². The van der Waals surface area contributed by atoms with Crippen molar-refractivity contribution in [3.63, 3.8) is 0 Å². The third-order valence-electron chi connectivity index (χ3n) is 2.88. The molecule has 0 aliphatic heterocycles. The topological polar surface area (TPSA) is 34.2 Å². The van der Waals surface area contributed by atoms with Gasteiger partial charge in [-0.2, -0.15) is 0 Å². The van der Waals surface area contributed by atoms with Crippen LogP contribution in [0.2, 0.25) is 0 Å². The molecular formula is C14H14BrFN2O. The summed E-state index contributed by atoms with van der Waals surface area (Å²) in [4.78, 5) is 4.11. The van der Waals surface area contributed by atoms with E-state index in [0.29, 0.717) is 11.3 Å². The Balaban J connectivity index is 2.50. The van der Waals surface area contributed by atoms with Gasteiger partial charge in [0.15, 0.2) is 0 Å². The minimum absolute atomic E-state index is 0.267. The Labute approximate surface area is 119 Å². The molecule has 0 saturated carbocycles. The van der Waals surface area contributed by atoms with E-state index in [9.17, 15) is 4.39 Å². The van der Waals surface area contributed by atoms with E-state index in [1.807, 2.05) is 12.1 Å². The molecule has 19 heavy (non-hydrogen) atoms. The molecule has 3 nitrogen and oxygen atoms in total. The zero-order chi connectivity index (χ0) is 13.8. The van der Waals surface area contributed by atoms with Crippen molar-refractivity contribution in [2.75, 3.05) is 14.2 Å². The third kappa shape index (κ3) is 2.93. The molecule has 1 aromatic heterocycles. The average molecular weight is 325 g/mol. The number of halogens is 2. The molecule has 1 unspecified atom stereocenters. The van der Waals surface area contributed by atoms with Crippen LogP contribution in [0.15, 0.2) is 41.1 Å². The van der Waals surface area contributed by atoms with Gasteiger partial charge in [-0.15, -0.1) is 0 Å². The van der Waals surface area contributed by atoms with Gasteiger partial charge in [-0.05, 0) is 30.8 Å². The summed E-state index contributed by atoms with van der Waals surface area (Å²) in [5.74, 6) is 0.377. The van der Waals surface area contributed by atoms with Crippen LogP contribution in [0.3, 0.4) is 0 Å². The number of ether oxygens (including phenoxy) is 1. The highest BCUT2D eigenvalue weighted by atomic mass is 79.9. The fourth-order valence-corrected chi connectivity index (χ4v) is 2.54.